The van der Waals surface area contributed by atoms with E-state index in [0.717, 1.165) is 37.0 Å². The maximum atomic E-state index is 13.0. The highest BCUT2D eigenvalue weighted by Crippen LogP contribution is 2.61. The first kappa shape index (κ1) is 12.2. The minimum absolute atomic E-state index is 0.160. The van der Waals surface area contributed by atoms with Gasteiger partial charge in [-0.1, -0.05) is 0 Å². The second kappa shape index (κ2) is 4.00. The van der Waals surface area contributed by atoms with Gasteiger partial charge in [-0.3, -0.25) is 4.79 Å². The van der Waals surface area contributed by atoms with E-state index < -0.39 is 0 Å². The molecule has 0 atom stereocenters. The van der Waals surface area contributed by atoms with Crippen LogP contribution in [0, 0.1) is 23.2 Å². The molecule has 0 unspecified atom stereocenters. The topological polar surface area (TPSA) is 57.5 Å². The lowest BCUT2D eigenvalue weighted by atomic mass is 9.48. The van der Waals surface area contributed by atoms with E-state index in [2.05, 4.69) is 0 Å². The third kappa shape index (κ3) is 1.68. The number of aromatic hydroxyl groups is 2. The van der Waals surface area contributed by atoms with Crippen LogP contribution >= 0.6 is 0 Å². The second-order valence-corrected chi connectivity index (χ2v) is 7.23. The average Bonchev–Trinajstić information content (AvgIpc) is 2.39. The molecule has 0 saturated heterocycles. The van der Waals surface area contributed by atoms with E-state index in [1.165, 1.54) is 31.4 Å². The SMILES string of the molecule is O=C(c1ccc(O)c(O)c1)C12CC3CC(CC(C3)C1)C2. The molecule has 4 bridgehead atoms. The van der Waals surface area contributed by atoms with E-state index in [0.29, 0.717) is 5.56 Å². The number of hydrogen-bond acceptors (Lipinski definition) is 3. The highest BCUT2D eigenvalue weighted by Gasteiger charge is 2.54. The fourth-order valence-corrected chi connectivity index (χ4v) is 5.36. The van der Waals surface area contributed by atoms with Crippen LogP contribution in [0.4, 0.5) is 0 Å². The van der Waals surface area contributed by atoms with Gasteiger partial charge < -0.3 is 10.2 Å². The largest absolute Gasteiger partial charge is 0.504 e. The molecule has 0 aromatic heterocycles. The molecule has 20 heavy (non-hydrogen) atoms. The summed E-state index contributed by atoms with van der Waals surface area (Å²) in [5.74, 6) is 2.03. The van der Waals surface area contributed by atoms with E-state index in [9.17, 15) is 15.0 Å². The molecule has 3 nitrogen and oxygen atoms in total. The normalized spacial score (nSPS) is 38.1. The summed E-state index contributed by atoms with van der Waals surface area (Å²) in [5.41, 5.74) is 0.375. The molecule has 1 aromatic carbocycles. The molecule has 106 valence electrons. The van der Waals surface area contributed by atoms with Crippen molar-refractivity contribution in [3.05, 3.63) is 23.8 Å². The van der Waals surface area contributed by atoms with Gasteiger partial charge in [-0.2, -0.15) is 0 Å². The summed E-state index contributed by atoms with van der Waals surface area (Å²) in [7, 11) is 0. The number of carbonyl (C=O) groups excluding carboxylic acids is 1. The first-order valence-electron chi connectivity index (χ1n) is 7.62. The molecule has 0 radical (unpaired) electrons. The number of benzene rings is 1. The Kier molecular flexibility index (Phi) is 2.45. The number of ketones is 1. The number of phenols is 2. The molecular formula is C17H20O3. The average molecular weight is 272 g/mol. The van der Waals surface area contributed by atoms with Gasteiger partial charge in [0.05, 0.1) is 0 Å². The Morgan fingerprint density at radius 1 is 0.950 bits per heavy atom. The zero-order chi connectivity index (χ0) is 13.9. The van der Waals surface area contributed by atoms with Gasteiger partial charge in [0.2, 0.25) is 0 Å². The zero-order valence-electron chi connectivity index (χ0n) is 11.5. The van der Waals surface area contributed by atoms with Crippen molar-refractivity contribution in [3.63, 3.8) is 0 Å². The van der Waals surface area contributed by atoms with E-state index in [-0.39, 0.29) is 22.7 Å². The van der Waals surface area contributed by atoms with Crippen molar-refractivity contribution in [1.29, 1.82) is 0 Å². The van der Waals surface area contributed by atoms with Gasteiger partial charge >= 0.3 is 0 Å². The first-order chi connectivity index (χ1) is 9.56. The van der Waals surface area contributed by atoms with Crippen molar-refractivity contribution in [3.8, 4) is 11.5 Å². The van der Waals surface area contributed by atoms with Gasteiger partial charge in [-0.15, -0.1) is 0 Å². The monoisotopic (exact) mass is 272 g/mol. The minimum Gasteiger partial charge on any atom is -0.504 e. The fraction of sp³-hybridized carbons (Fsp3) is 0.588. The van der Waals surface area contributed by atoms with Gasteiger partial charge in [0.1, 0.15) is 0 Å². The predicted octanol–water partition coefficient (Wildman–Crippen LogP) is 3.50. The van der Waals surface area contributed by atoms with Gasteiger partial charge in [0, 0.05) is 11.0 Å². The van der Waals surface area contributed by atoms with Gasteiger partial charge in [0.15, 0.2) is 17.3 Å². The smallest absolute Gasteiger partial charge is 0.169 e. The Morgan fingerprint density at radius 3 is 2.00 bits per heavy atom. The molecule has 0 spiro atoms. The van der Waals surface area contributed by atoms with Crippen molar-refractivity contribution in [2.24, 2.45) is 23.2 Å². The molecule has 4 saturated carbocycles. The van der Waals surface area contributed by atoms with Crippen LogP contribution in [0.3, 0.4) is 0 Å². The Balaban J connectivity index is 1.69. The summed E-state index contributed by atoms with van der Waals surface area (Å²) < 4.78 is 0. The number of carbonyl (C=O) groups is 1. The van der Waals surface area contributed by atoms with Gasteiger partial charge in [-0.25, -0.2) is 0 Å². The molecule has 1 aromatic rings. The first-order valence-corrected chi connectivity index (χ1v) is 7.62. The van der Waals surface area contributed by atoms with Crippen molar-refractivity contribution in [1.82, 2.24) is 0 Å². The van der Waals surface area contributed by atoms with E-state index in [4.69, 9.17) is 0 Å². The van der Waals surface area contributed by atoms with Gasteiger partial charge in [0.25, 0.3) is 0 Å². The number of phenolic OH excluding ortho intramolecular Hbond substituents is 2. The lowest BCUT2D eigenvalue weighted by Crippen LogP contribution is -2.50. The van der Waals surface area contributed by atoms with Crippen molar-refractivity contribution in [2.45, 2.75) is 38.5 Å². The zero-order valence-corrected chi connectivity index (χ0v) is 11.5. The molecule has 4 aliphatic rings. The maximum Gasteiger partial charge on any atom is 0.169 e. The molecule has 4 fully saturated rings. The van der Waals surface area contributed by atoms with Crippen LogP contribution in [0.2, 0.25) is 0 Å². The van der Waals surface area contributed by atoms with Crippen molar-refractivity contribution >= 4 is 5.78 Å². The lowest BCUT2D eigenvalue weighted by molar-refractivity contribution is -0.0353. The molecule has 3 heteroatoms. The Morgan fingerprint density at radius 2 is 1.50 bits per heavy atom. The summed E-state index contributed by atoms with van der Waals surface area (Å²) in [5, 5.41) is 19.0. The van der Waals surface area contributed by atoms with Crippen molar-refractivity contribution < 1.29 is 15.0 Å². The lowest BCUT2D eigenvalue weighted by Gasteiger charge is -2.56. The van der Waals surface area contributed by atoms with Crippen LogP contribution in [0.15, 0.2) is 18.2 Å². The van der Waals surface area contributed by atoms with Crippen LogP contribution < -0.4 is 0 Å². The number of Topliss-reactive ketones (excluding diaryl/α,β-unsaturated/α-hetero) is 1. The van der Waals surface area contributed by atoms with E-state index in [1.807, 2.05) is 0 Å². The van der Waals surface area contributed by atoms with Crippen LogP contribution in [-0.4, -0.2) is 16.0 Å². The predicted molar refractivity (Wildman–Crippen MR) is 74.7 cm³/mol. The summed E-state index contributed by atoms with van der Waals surface area (Å²) in [6.45, 7) is 0. The number of hydrogen-bond donors (Lipinski definition) is 2. The third-order valence-corrected chi connectivity index (χ3v) is 5.76. The molecule has 0 amide bonds. The van der Waals surface area contributed by atoms with Crippen LogP contribution in [-0.2, 0) is 0 Å². The molecule has 4 aliphatic carbocycles. The maximum absolute atomic E-state index is 13.0. The molecule has 0 aliphatic heterocycles. The molecular weight excluding hydrogens is 252 g/mol. The molecule has 5 rings (SSSR count). The Bertz CT molecular complexity index is 540. The minimum atomic E-state index is -0.194. The molecule has 0 heterocycles. The number of rotatable bonds is 2. The highest BCUT2D eigenvalue weighted by atomic mass is 16.3. The van der Waals surface area contributed by atoms with Crippen LogP contribution in [0.5, 0.6) is 11.5 Å². The standard InChI is InChI=1S/C17H20O3/c18-14-2-1-13(6-15(14)19)16(20)17-7-10-3-11(8-17)5-12(4-10)9-17/h1-2,6,10-12,18-19H,3-5,7-9H2. The quantitative estimate of drug-likeness (QED) is 0.640. The van der Waals surface area contributed by atoms with E-state index in [1.54, 1.807) is 6.07 Å². The third-order valence-electron chi connectivity index (χ3n) is 5.76. The van der Waals surface area contributed by atoms with Crippen molar-refractivity contribution in [2.75, 3.05) is 0 Å². The summed E-state index contributed by atoms with van der Waals surface area (Å²) in [4.78, 5) is 13.0. The van der Waals surface area contributed by atoms with Gasteiger partial charge in [-0.05, 0) is 74.5 Å². The Labute approximate surface area is 118 Å². The highest BCUT2D eigenvalue weighted by molar-refractivity contribution is 6.01. The van der Waals surface area contributed by atoms with Crippen LogP contribution in [0.1, 0.15) is 48.9 Å². The summed E-state index contributed by atoms with van der Waals surface area (Å²) in [6, 6.07) is 4.50. The fourth-order valence-electron chi connectivity index (χ4n) is 5.36. The second-order valence-electron chi connectivity index (χ2n) is 7.23. The Hall–Kier alpha value is -1.51. The van der Waals surface area contributed by atoms with E-state index >= 15 is 0 Å². The molecule has 2 N–H and O–H groups in total. The van der Waals surface area contributed by atoms with Crippen LogP contribution in [0.25, 0.3) is 0 Å². The summed E-state index contributed by atoms with van der Waals surface area (Å²) >= 11 is 0. The summed E-state index contributed by atoms with van der Waals surface area (Å²) in [6.07, 6.45) is 7.02.